The van der Waals surface area contributed by atoms with E-state index in [2.05, 4.69) is 0 Å². The first-order valence-corrected chi connectivity index (χ1v) is 6.76. The summed E-state index contributed by atoms with van der Waals surface area (Å²) in [6.45, 7) is 9.01. The summed E-state index contributed by atoms with van der Waals surface area (Å²) in [6, 6.07) is 0. The first-order valence-electron chi connectivity index (χ1n) is 6.76. The normalized spacial score (nSPS) is 17.8. The van der Waals surface area contributed by atoms with E-state index in [1.807, 2.05) is 0 Å². The van der Waals surface area contributed by atoms with Crippen LogP contribution in [0.15, 0.2) is 0 Å². The predicted molar refractivity (Wildman–Crippen MR) is 70.1 cm³/mol. The minimum atomic E-state index is -4.86. The summed E-state index contributed by atoms with van der Waals surface area (Å²) >= 11 is 0. The first kappa shape index (κ1) is 19.2. The lowest BCUT2D eigenvalue weighted by Crippen LogP contribution is -2.54. The Morgan fingerprint density at radius 1 is 1.20 bits per heavy atom. The molecular weight excluding hydrogens is 273 g/mol. The Balaban J connectivity index is 5.25. The zero-order valence-corrected chi connectivity index (χ0v) is 13.0. The maximum atomic E-state index is 12.9. The van der Waals surface area contributed by atoms with Crippen molar-refractivity contribution in [2.75, 3.05) is 0 Å². The van der Waals surface area contributed by atoms with E-state index in [1.165, 1.54) is 0 Å². The van der Waals surface area contributed by atoms with Gasteiger partial charge in [-0.15, -0.1) is 0 Å². The average Bonchev–Trinajstić information content (AvgIpc) is 2.25. The number of hydrogen-bond acceptors (Lipinski definition) is 3. The summed E-state index contributed by atoms with van der Waals surface area (Å²) in [4.78, 5) is 12.0. The number of carbonyl (C=O) groups is 1. The summed E-state index contributed by atoms with van der Waals surface area (Å²) in [5.74, 6) is -0.874. The van der Waals surface area contributed by atoms with Crippen LogP contribution in [0.3, 0.4) is 0 Å². The highest BCUT2D eigenvalue weighted by atomic mass is 19.4. The molecular formula is C14H25F3O3. The molecule has 0 aromatic carbocycles. The van der Waals surface area contributed by atoms with E-state index in [0.29, 0.717) is 13.3 Å². The first-order chi connectivity index (χ1) is 8.75. The molecule has 0 rings (SSSR count). The van der Waals surface area contributed by atoms with Gasteiger partial charge in [-0.3, -0.25) is 4.79 Å². The zero-order valence-electron chi connectivity index (χ0n) is 13.0. The second-order valence-electron chi connectivity index (χ2n) is 6.41. The molecule has 6 heteroatoms. The molecule has 0 saturated heterocycles. The van der Waals surface area contributed by atoms with Gasteiger partial charge in [-0.2, -0.15) is 13.2 Å². The smallest absolute Gasteiger partial charge is 0.420 e. The van der Waals surface area contributed by atoms with Gasteiger partial charge in [0.05, 0.1) is 5.41 Å². The van der Waals surface area contributed by atoms with Crippen LogP contribution in [0, 0.1) is 11.3 Å². The van der Waals surface area contributed by atoms with Crippen LogP contribution in [-0.2, 0) is 9.53 Å². The molecule has 0 aliphatic heterocycles. The largest absolute Gasteiger partial charge is 0.459 e. The van der Waals surface area contributed by atoms with Crippen LogP contribution in [0.1, 0.15) is 54.4 Å². The Hall–Kier alpha value is -0.780. The van der Waals surface area contributed by atoms with Crippen LogP contribution in [0.4, 0.5) is 13.2 Å². The van der Waals surface area contributed by atoms with Gasteiger partial charge in [0, 0.05) is 0 Å². The van der Waals surface area contributed by atoms with E-state index < -0.39 is 29.3 Å². The Morgan fingerprint density at radius 3 is 1.95 bits per heavy atom. The standard InChI is InChI=1S/C14H25F3O3/c1-7-12(4,5)11(18)20-10(8-9(2)3)13(6,19)14(15,16)17/h9-10,19H,7-8H2,1-6H3. The summed E-state index contributed by atoms with van der Waals surface area (Å²) < 4.78 is 43.8. The fraction of sp³-hybridized carbons (Fsp3) is 0.929. The summed E-state index contributed by atoms with van der Waals surface area (Å²) in [7, 11) is 0. The molecule has 20 heavy (non-hydrogen) atoms. The molecule has 120 valence electrons. The molecule has 0 saturated carbocycles. The van der Waals surface area contributed by atoms with Gasteiger partial charge in [-0.1, -0.05) is 20.8 Å². The van der Waals surface area contributed by atoms with Crippen molar-refractivity contribution in [1.82, 2.24) is 0 Å². The zero-order chi connectivity index (χ0) is 16.4. The number of ether oxygens (including phenoxy) is 1. The van der Waals surface area contributed by atoms with Crippen molar-refractivity contribution >= 4 is 5.97 Å². The lowest BCUT2D eigenvalue weighted by atomic mass is 9.88. The van der Waals surface area contributed by atoms with Gasteiger partial charge in [0.1, 0.15) is 6.10 Å². The molecule has 0 fully saturated rings. The Labute approximate surface area is 118 Å². The van der Waals surface area contributed by atoms with Crippen molar-refractivity contribution in [2.45, 2.75) is 72.3 Å². The van der Waals surface area contributed by atoms with E-state index in [1.54, 1.807) is 34.6 Å². The van der Waals surface area contributed by atoms with Gasteiger partial charge in [0.25, 0.3) is 0 Å². The van der Waals surface area contributed by atoms with Gasteiger partial charge in [0.15, 0.2) is 5.60 Å². The van der Waals surface area contributed by atoms with E-state index in [0.717, 1.165) is 0 Å². The maximum Gasteiger partial charge on any atom is 0.420 e. The number of esters is 1. The molecule has 0 aromatic rings. The molecule has 1 N–H and O–H groups in total. The van der Waals surface area contributed by atoms with Crippen LogP contribution >= 0.6 is 0 Å². The quantitative estimate of drug-likeness (QED) is 0.761. The van der Waals surface area contributed by atoms with Crippen molar-refractivity contribution in [3.8, 4) is 0 Å². The second-order valence-corrected chi connectivity index (χ2v) is 6.41. The molecule has 0 heterocycles. The van der Waals surface area contributed by atoms with Gasteiger partial charge in [-0.05, 0) is 39.5 Å². The fourth-order valence-electron chi connectivity index (χ4n) is 1.44. The van der Waals surface area contributed by atoms with E-state index in [-0.39, 0.29) is 12.3 Å². The highest BCUT2D eigenvalue weighted by molar-refractivity contribution is 5.76. The van der Waals surface area contributed by atoms with E-state index in [9.17, 15) is 23.1 Å². The fourth-order valence-corrected chi connectivity index (χ4v) is 1.44. The highest BCUT2D eigenvalue weighted by Crippen LogP contribution is 2.37. The molecule has 0 aliphatic carbocycles. The number of hydrogen-bond donors (Lipinski definition) is 1. The Kier molecular flexibility index (Phi) is 6.08. The van der Waals surface area contributed by atoms with Crippen molar-refractivity contribution in [2.24, 2.45) is 11.3 Å². The van der Waals surface area contributed by atoms with Gasteiger partial charge in [0.2, 0.25) is 0 Å². The van der Waals surface area contributed by atoms with Crippen LogP contribution in [0.5, 0.6) is 0 Å². The number of carbonyl (C=O) groups excluding carboxylic acids is 1. The van der Waals surface area contributed by atoms with Crippen LogP contribution in [0.2, 0.25) is 0 Å². The van der Waals surface area contributed by atoms with Crippen LogP contribution in [0.25, 0.3) is 0 Å². The summed E-state index contributed by atoms with van der Waals surface area (Å²) in [5, 5.41) is 9.74. The van der Waals surface area contributed by atoms with Crippen molar-refractivity contribution in [3.63, 3.8) is 0 Å². The van der Waals surface area contributed by atoms with Crippen molar-refractivity contribution in [1.29, 1.82) is 0 Å². The molecule has 2 atom stereocenters. The predicted octanol–water partition coefficient (Wildman–Crippen LogP) is 3.69. The molecule has 0 aromatic heterocycles. The number of halogens is 3. The van der Waals surface area contributed by atoms with Crippen molar-refractivity contribution < 1.29 is 27.8 Å². The van der Waals surface area contributed by atoms with Crippen LogP contribution in [-0.4, -0.2) is 29.0 Å². The SMILES string of the molecule is CCC(C)(C)C(=O)OC(CC(C)C)C(C)(O)C(F)(F)F. The third kappa shape index (κ3) is 4.65. The monoisotopic (exact) mass is 298 g/mol. The molecule has 2 unspecified atom stereocenters. The van der Waals surface area contributed by atoms with E-state index >= 15 is 0 Å². The third-order valence-electron chi connectivity index (χ3n) is 3.57. The summed E-state index contributed by atoms with van der Waals surface area (Å²) in [5.41, 5.74) is -3.94. The Morgan fingerprint density at radius 2 is 1.65 bits per heavy atom. The number of alkyl halides is 3. The Bertz CT molecular complexity index is 333. The molecule has 0 bridgehead atoms. The molecule has 0 amide bonds. The topological polar surface area (TPSA) is 46.5 Å². The third-order valence-corrected chi connectivity index (χ3v) is 3.57. The van der Waals surface area contributed by atoms with Gasteiger partial charge >= 0.3 is 12.1 Å². The minimum absolute atomic E-state index is 0.0575. The minimum Gasteiger partial charge on any atom is -0.459 e. The lowest BCUT2D eigenvalue weighted by Gasteiger charge is -2.36. The molecule has 0 radical (unpaired) electrons. The number of rotatable bonds is 6. The molecule has 0 aliphatic rings. The van der Waals surface area contributed by atoms with Gasteiger partial charge < -0.3 is 9.84 Å². The average molecular weight is 298 g/mol. The van der Waals surface area contributed by atoms with Crippen molar-refractivity contribution in [3.05, 3.63) is 0 Å². The van der Waals surface area contributed by atoms with E-state index in [4.69, 9.17) is 4.74 Å². The second kappa shape index (κ2) is 6.33. The summed E-state index contributed by atoms with van der Waals surface area (Å²) in [6.07, 6.45) is -6.09. The van der Waals surface area contributed by atoms with Gasteiger partial charge in [-0.25, -0.2) is 0 Å². The highest BCUT2D eigenvalue weighted by Gasteiger charge is 2.57. The molecule has 3 nitrogen and oxygen atoms in total. The molecule has 0 spiro atoms. The number of aliphatic hydroxyl groups is 1. The maximum absolute atomic E-state index is 12.9. The van der Waals surface area contributed by atoms with Crippen LogP contribution < -0.4 is 0 Å². The lowest BCUT2D eigenvalue weighted by molar-refractivity contribution is -0.288.